The highest BCUT2D eigenvalue weighted by Crippen LogP contribution is 2.28. The molecular weight excluding hydrogens is 321 g/mol. The van der Waals surface area contributed by atoms with E-state index in [1.807, 2.05) is 12.1 Å². The quantitative estimate of drug-likeness (QED) is 0.671. The second kappa shape index (κ2) is 5.75. The maximum absolute atomic E-state index is 13.2. The van der Waals surface area contributed by atoms with Gasteiger partial charge in [-0.05, 0) is 45.3 Å². The summed E-state index contributed by atoms with van der Waals surface area (Å²) in [4.78, 5) is 3.81. The Morgan fingerprint density at radius 1 is 1.28 bits per heavy atom. The number of nitrogens with zero attached hydrogens (tertiary/aromatic N) is 1. The number of nitrogens with two attached hydrogens (primary N) is 1. The maximum Gasteiger partial charge on any atom is 0.141 e. The SMILES string of the molecule is NNC(c1cncc(F)c1)c1ccc(Cl)c(Br)c1. The lowest BCUT2D eigenvalue weighted by molar-refractivity contribution is 0.597. The van der Waals surface area contributed by atoms with Crippen molar-refractivity contribution in [3.05, 3.63) is 63.1 Å². The third-order valence-corrected chi connectivity index (χ3v) is 3.72. The Hall–Kier alpha value is -1.01. The Bertz CT molecular complexity index is 565. The topological polar surface area (TPSA) is 50.9 Å². The van der Waals surface area contributed by atoms with Crippen LogP contribution >= 0.6 is 27.5 Å². The largest absolute Gasteiger partial charge is 0.271 e. The third-order valence-electron chi connectivity index (χ3n) is 2.50. The predicted molar refractivity (Wildman–Crippen MR) is 72.5 cm³/mol. The molecule has 0 saturated carbocycles. The molecule has 94 valence electrons. The summed E-state index contributed by atoms with van der Waals surface area (Å²) in [6, 6.07) is 6.44. The van der Waals surface area contributed by atoms with Crippen LogP contribution in [0, 0.1) is 5.82 Å². The summed E-state index contributed by atoms with van der Waals surface area (Å²) in [6.45, 7) is 0. The van der Waals surface area contributed by atoms with Crippen LogP contribution in [0.25, 0.3) is 0 Å². The van der Waals surface area contributed by atoms with Gasteiger partial charge in [0.05, 0.1) is 17.3 Å². The van der Waals surface area contributed by atoms with Crippen molar-refractivity contribution in [3.8, 4) is 0 Å². The van der Waals surface area contributed by atoms with Crippen molar-refractivity contribution in [3.63, 3.8) is 0 Å². The van der Waals surface area contributed by atoms with Crippen LogP contribution in [0.15, 0.2) is 41.1 Å². The molecule has 18 heavy (non-hydrogen) atoms. The first kappa shape index (κ1) is 13.4. The van der Waals surface area contributed by atoms with Gasteiger partial charge in [-0.15, -0.1) is 0 Å². The minimum absolute atomic E-state index is 0.346. The molecule has 0 fully saturated rings. The van der Waals surface area contributed by atoms with E-state index in [1.165, 1.54) is 6.07 Å². The molecule has 1 unspecified atom stereocenters. The summed E-state index contributed by atoms with van der Waals surface area (Å²) in [5.41, 5.74) is 4.15. The monoisotopic (exact) mass is 329 g/mol. The lowest BCUT2D eigenvalue weighted by Crippen LogP contribution is -2.29. The van der Waals surface area contributed by atoms with Crippen molar-refractivity contribution in [1.29, 1.82) is 0 Å². The summed E-state index contributed by atoms with van der Waals surface area (Å²) in [6.07, 6.45) is 2.71. The van der Waals surface area contributed by atoms with Crippen molar-refractivity contribution in [1.82, 2.24) is 10.4 Å². The first-order valence-electron chi connectivity index (χ1n) is 5.13. The molecule has 2 rings (SSSR count). The van der Waals surface area contributed by atoms with Gasteiger partial charge < -0.3 is 0 Å². The Morgan fingerprint density at radius 2 is 2.06 bits per heavy atom. The van der Waals surface area contributed by atoms with E-state index < -0.39 is 5.82 Å². The Morgan fingerprint density at radius 3 is 2.67 bits per heavy atom. The van der Waals surface area contributed by atoms with Gasteiger partial charge in [0.2, 0.25) is 0 Å². The number of hydrogen-bond acceptors (Lipinski definition) is 3. The molecule has 3 nitrogen and oxygen atoms in total. The highest BCUT2D eigenvalue weighted by Gasteiger charge is 2.14. The van der Waals surface area contributed by atoms with Crippen LogP contribution in [0.2, 0.25) is 5.02 Å². The van der Waals surface area contributed by atoms with E-state index in [4.69, 9.17) is 17.4 Å². The fraction of sp³-hybridized carbons (Fsp3) is 0.0833. The minimum Gasteiger partial charge on any atom is -0.271 e. The van der Waals surface area contributed by atoms with E-state index >= 15 is 0 Å². The predicted octanol–water partition coefficient (Wildman–Crippen LogP) is 3.19. The molecule has 1 atom stereocenters. The Labute approximate surface area is 117 Å². The van der Waals surface area contributed by atoms with Crippen LogP contribution in [-0.4, -0.2) is 4.98 Å². The lowest BCUT2D eigenvalue weighted by atomic mass is 10.0. The van der Waals surface area contributed by atoms with Gasteiger partial charge in [0.15, 0.2) is 0 Å². The average molecular weight is 331 g/mol. The standard InChI is InChI=1S/C12H10BrClFN3/c13-10-4-7(1-2-11(10)14)12(18-16)8-3-9(15)6-17-5-8/h1-6,12,18H,16H2. The molecule has 1 heterocycles. The van der Waals surface area contributed by atoms with Crippen LogP contribution in [0.3, 0.4) is 0 Å². The zero-order chi connectivity index (χ0) is 13.1. The number of rotatable bonds is 3. The lowest BCUT2D eigenvalue weighted by Gasteiger charge is -2.17. The number of hydrogen-bond donors (Lipinski definition) is 2. The van der Waals surface area contributed by atoms with Crippen LogP contribution in [-0.2, 0) is 0 Å². The summed E-state index contributed by atoms with van der Waals surface area (Å²) in [5.74, 6) is 5.12. The summed E-state index contributed by atoms with van der Waals surface area (Å²) in [5, 5.41) is 0.604. The van der Waals surface area contributed by atoms with Gasteiger partial charge in [-0.25, -0.2) is 9.82 Å². The Balaban J connectivity index is 2.42. The van der Waals surface area contributed by atoms with Crippen molar-refractivity contribution in [2.75, 3.05) is 0 Å². The number of hydrazine groups is 1. The third kappa shape index (κ3) is 2.87. The van der Waals surface area contributed by atoms with E-state index in [0.717, 1.165) is 16.2 Å². The molecule has 0 amide bonds. The van der Waals surface area contributed by atoms with Gasteiger partial charge in [-0.2, -0.15) is 0 Å². The molecule has 1 aromatic carbocycles. The second-order valence-corrected chi connectivity index (χ2v) is 4.97. The second-order valence-electron chi connectivity index (χ2n) is 3.71. The first-order chi connectivity index (χ1) is 8.61. The zero-order valence-corrected chi connectivity index (χ0v) is 11.5. The van der Waals surface area contributed by atoms with E-state index in [1.54, 1.807) is 12.3 Å². The highest BCUT2D eigenvalue weighted by molar-refractivity contribution is 9.10. The number of halogens is 3. The smallest absolute Gasteiger partial charge is 0.141 e. The van der Waals surface area contributed by atoms with Crippen molar-refractivity contribution < 1.29 is 4.39 Å². The first-order valence-corrected chi connectivity index (χ1v) is 6.30. The summed E-state index contributed by atoms with van der Waals surface area (Å²) >= 11 is 9.27. The van der Waals surface area contributed by atoms with Gasteiger partial charge in [0.25, 0.3) is 0 Å². The molecule has 0 saturated heterocycles. The van der Waals surface area contributed by atoms with Crippen LogP contribution in [0.1, 0.15) is 17.2 Å². The molecule has 1 aromatic heterocycles. The molecule has 0 radical (unpaired) electrons. The highest BCUT2D eigenvalue weighted by atomic mass is 79.9. The van der Waals surface area contributed by atoms with Crippen molar-refractivity contribution in [2.24, 2.45) is 5.84 Å². The van der Waals surface area contributed by atoms with Crippen LogP contribution in [0.5, 0.6) is 0 Å². The van der Waals surface area contributed by atoms with Gasteiger partial charge in [0, 0.05) is 10.7 Å². The van der Waals surface area contributed by atoms with Gasteiger partial charge in [-0.1, -0.05) is 17.7 Å². The number of nitrogens with one attached hydrogen (secondary N) is 1. The maximum atomic E-state index is 13.2. The van der Waals surface area contributed by atoms with Crippen molar-refractivity contribution in [2.45, 2.75) is 6.04 Å². The van der Waals surface area contributed by atoms with E-state index in [2.05, 4.69) is 26.3 Å². The van der Waals surface area contributed by atoms with Crippen LogP contribution < -0.4 is 11.3 Å². The summed E-state index contributed by atoms with van der Waals surface area (Å²) in [7, 11) is 0. The van der Waals surface area contributed by atoms with Gasteiger partial charge >= 0.3 is 0 Å². The molecule has 3 N–H and O–H groups in total. The number of benzene rings is 1. The molecule has 0 aliphatic carbocycles. The Kier molecular flexibility index (Phi) is 4.29. The van der Waals surface area contributed by atoms with E-state index in [-0.39, 0.29) is 6.04 Å². The van der Waals surface area contributed by atoms with Gasteiger partial charge in [0.1, 0.15) is 5.82 Å². The fourth-order valence-corrected chi connectivity index (χ4v) is 2.18. The number of pyridine rings is 1. The minimum atomic E-state index is -0.402. The van der Waals surface area contributed by atoms with Crippen molar-refractivity contribution >= 4 is 27.5 Å². The molecule has 0 bridgehead atoms. The molecule has 6 heteroatoms. The van der Waals surface area contributed by atoms with Gasteiger partial charge in [-0.3, -0.25) is 10.8 Å². The molecule has 0 aliphatic rings. The normalized spacial score (nSPS) is 12.4. The van der Waals surface area contributed by atoms with E-state index in [0.29, 0.717) is 10.6 Å². The molecule has 0 spiro atoms. The molecular formula is C12H10BrClFN3. The molecule has 0 aliphatic heterocycles. The average Bonchev–Trinajstić information content (AvgIpc) is 2.35. The number of aromatic nitrogens is 1. The summed E-state index contributed by atoms with van der Waals surface area (Å²) < 4.78 is 13.9. The zero-order valence-electron chi connectivity index (χ0n) is 9.20. The fourth-order valence-electron chi connectivity index (χ4n) is 1.66. The van der Waals surface area contributed by atoms with Crippen LogP contribution in [0.4, 0.5) is 4.39 Å². The van der Waals surface area contributed by atoms with E-state index in [9.17, 15) is 4.39 Å². The molecule has 2 aromatic rings.